The van der Waals surface area contributed by atoms with E-state index in [0.717, 1.165) is 19.6 Å². The zero-order valence-electron chi connectivity index (χ0n) is 9.37. The average molecular weight is 212 g/mol. The SMILES string of the molecule is CC1COCCC(=O)N1CC1CCNC1. The summed E-state index contributed by atoms with van der Waals surface area (Å²) in [4.78, 5) is 13.8. The van der Waals surface area contributed by atoms with Gasteiger partial charge in [0.1, 0.15) is 0 Å². The third-order valence-electron chi connectivity index (χ3n) is 3.29. The van der Waals surface area contributed by atoms with E-state index in [1.807, 2.05) is 4.90 Å². The molecule has 15 heavy (non-hydrogen) atoms. The zero-order chi connectivity index (χ0) is 10.7. The van der Waals surface area contributed by atoms with Crippen LogP contribution in [0.15, 0.2) is 0 Å². The number of carbonyl (C=O) groups excluding carboxylic acids is 1. The smallest absolute Gasteiger partial charge is 0.225 e. The zero-order valence-corrected chi connectivity index (χ0v) is 9.37. The van der Waals surface area contributed by atoms with E-state index >= 15 is 0 Å². The molecule has 2 fully saturated rings. The Morgan fingerprint density at radius 1 is 1.60 bits per heavy atom. The van der Waals surface area contributed by atoms with Crippen molar-refractivity contribution in [3.63, 3.8) is 0 Å². The lowest BCUT2D eigenvalue weighted by molar-refractivity contribution is -0.132. The van der Waals surface area contributed by atoms with E-state index in [4.69, 9.17) is 4.74 Å². The third kappa shape index (κ3) is 2.69. The van der Waals surface area contributed by atoms with Gasteiger partial charge in [-0.3, -0.25) is 4.79 Å². The van der Waals surface area contributed by atoms with Crippen LogP contribution in [0.2, 0.25) is 0 Å². The van der Waals surface area contributed by atoms with Gasteiger partial charge in [-0.2, -0.15) is 0 Å². The van der Waals surface area contributed by atoms with Crippen LogP contribution >= 0.6 is 0 Å². The predicted octanol–water partition coefficient (Wildman–Crippen LogP) is 0.233. The van der Waals surface area contributed by atoms with E-state index in [0.29, 0.717) is 25.6 Å². The highest BCUT2D eigenvalue weighted by molar-refractivity contribution is 5.76. The summed E-state index contributed by atoms with van der Waals surface area (Å²) in [5, 5.41) is 3.34. The summed E-state index contributed by atoms with van der Waals surface area (Å²) in [6.07, 6.45) is 1.74. The number of hydrogen-bond donors (Lipinski definition) is 1. The standard InChI is InChI=1S/C11H20N2O2/c1-9-8-15-5-3-11(14)13(9)7-10-2-4-12-6-10/h9-10,12H,2-8H2,1H3. The molecule has 2 heterocycles. The molecule has 0 bridgehead atoms. The Bertz CT molecular complexity index is 227. The van der Waals surface area contributed by atoms with Crippen molar-refractivity contribution < 1.29 is 9.53 Å². The third-order valence-corrected chi connectivity index (χ3v) is 3.29. The molecule has 1 amide bonds. The number of carbonyl (C=O) groups is 1. The minimum atomic E-state index is 0.237. The number of amides is 1. The fourth-order valence-electron chi connectivity index (χ4n) is 2.32. The van der Waals surface area contributed by atoms with Crippen molar-refractivity contribution >= 4 is 5.91 Å². The van der Waals surface area contributed by atoms with Gasteiger partial charge in [-0.25, -0.2) is 0 Å². The summed E-state index contributed by atoms with van der Waals surface area (Å²) in [6.45, 7) is 6.39. The lowest BCUT2D eigenvalue weighted by Gasteiger charge is -2.29. The van der Waals surface area contributed by atoms with Gasteiger partial charge in [0.15, 0.2) is 0 Å². The first-order valence-electron chi connectivity index (χ1n) is 5.85. The topological polar surface area (TPSA) is 41.6 Å². The molecular weight excluding hydrogens is 192 g/mol. The lowest BCUT2D eigenvalue weighted by Crippen LogP contribution is -2.42. The molecule has 1 N–H and O–H groups in total. The van der Waals surface area contributed by atoms with Gasteiger partial charge >= 0.3 is 0 Å². The van der Waals surface area contributed by atoms with Crippen LogP contribution in [0.3, 0.4) is 0 Å². The van der Waals surface area contributed by atoms with Gasteiger partial charge in [-0.15, -0.1) is 0 Å². The molecule has 0 aliphatic carbocycles. The van der Waals surface area contributed by atoms with Crippen molar-refractivity contribution in [2.75, 3.05) is 32.8 Å². The first-order chi connectivity index (χ1) is 7.27. The van der Waals surface area contributed by atoms with E-state index in [1.165, 1.54) is 6.42 Å². The average Bonchev–Trinajstić information content (AvgIpc) is 2.67. The molecular formula is C11H20N2O2. The minimum absolute atomic E-state index is 0.237. The maximum atomic E-state index is 11.8. The summed E-state index contributed by atoms with van der Waals surface area (Å²) >= 11 is 0. The summed E-state index contributed by atoms with van der Waals surface area (Å²) < 4.78 is 5.39. The fourth-order valence-corrected chi connectivity index (χ4v) is 2.32. The fraction of sp³-hybridized carbons (Fsp3) is 0.909. The maximum Gasteiger partial charge on any atom is 0.225 e. The second kappa shape index (κ2) is 4.94. The molecule has 0 spiro atoms. The molecule has 2 atom stereocenters. The predicted molar refractivity (Wildman–Crippen MR) is 57.6 cm³/mol. The highest BCUT2D eigenvalue weighted by Gasteiger charge is 2.27. The van der Waals surface area contributed by atoms with Crippen molar-refractivity contribution in [2.45, 2.75) is 25.8 Å². The molecule has 0 aromatic rings. The molecule has 2 rings (SSSR count). The van der Waals surface area contributed by atoms with Crippen molar-refractivity contribution in [3.05, 3.63) is 0 Å². The van der Waals surface area contributed by atoms with E-state index in [-0.39, 0.29) is 11.9 Å². The summed E-state index contributed by atoms with van der Waals surface area (Å²) in [7, 11) is 0. The van der Waals surface area contributed by atoms with Gasteiger partial charge < -0.3 is 15.0 Å². The van der Waals surface area contributed by atoms with Gasteiger partial charge in [0.2, 0.25) is 5.91 Å². The molecule has 2 aliphatic rings. The van der Waals surface area contributed by atoms with Crippen LogP contribution < -0.4 is 5.32 Å². The maximum absolute atomic E-state index is 11.8. The molecule has 0 aromatic heterocycles. The molecule has 86 valence electrons. The number of hydrogen-bond acceptors (Lipinski definition) is 3. The van der Waals surface area contributed by atoms with Crippen molar-refractivity contribution in [1.82, 2.24) is 10.2 Å². The molecule has 4 heteroatoms. The van der Waals surface area contributed by atoms with E-state index in [2.05, 4.69) is 12.2 Å². The molecule has 0 radical (unpaired) electrons. The van der Waals surface area contributed by atoms with Gasteiger partial charge in [-0.1, -0.05) is 0 Å². The Morgan fingerprint density at radius 2 is 2.47 bits per heavy atom. The van der Waals surface area contributed by atoms with Crippen LogP contribution in [0.25, 0.3) is 0 Å². The van der Waals surface area contributed by atoms with Crippen LogP contribution in [0.1, 0.15) is 19.8 Å². The highest BCUT2D eigenvalue weighted by Crippen LogP contribution is 2.15. The van der Waals surface area contributed by atoms with Crippen LogP contribution in [0.5, 0.6) is 0 Å². The second-order valence-corrected chi connectivity index (χ2v) is 4.58. The van der Waals surface area contributed by atoms with Crippen LogP contribution in [-0.4, -0.2) is 49.7 Å². The second-order valence-electron chi connectivity index (χ2n) is 4.58. The molecule has 0 aromatic carbocycles. The first kappa shape index (κ1) is 10.9. The molecule has 2 unspecified atom stereocenters. The summed E-state index contributed by atoms with van der Waals surface area (Å²) in [5.41, 5.74) is 0. The van der Waals surface area contributed by atoms with E-state index < -0.39 is 0 Å². The Balaban J connectivity index is 1.93. The number of nitrogens with zero attached hydrogens (tertiary/aromatic N) is 1. The Labute approximate surface area is 91.0 Å². The van der Waals surface area contributed by atoms with Gasteiger partial charge in [0.05, 0.1) is 25.7 Å². The first-order valence-corrected chi connectivity index (χ1v) is 5.85. The van der Waals surface area contributed by atoms with Crippen LogP contribution in [0, 0.1) is 5.92 Å². The number of rotatable bonds is 2. The molecule has 4 nitrogen and oxygen atoms in total. The number of nitrogens with one attached hydrogen (secondary N) is 1. The number of ether oxygens (including phenoxy) is 1. The van der Waals surface area contributed by atoms with Gasteiger partial charge in [-0.05, 0) is 32.4 Å². The van der Waals surface area contributed by atoms with E-state index in [9.17, 15) is 4.79 Å². The van der Waals surface area contributed by atoms with Crippen LogP contribution in [-0.2, 0) is 9.53 Å². The van der Waals surface area contributed by atoms with E-state index in [1.54, 1.807) is 0 Å². The summed E-state index contributed by atoms with van der Waals surface area (Å²) in [5.74, 6) is 0.890. The Kier molecular flexibility index (Phi) is 3.59. The van der Waals surface area contributed by atoms with Crippen molar-refractivity contribution in [2.24, 2.45) is 5.92 Å². The normalized spacial score (nSPS) is 33.1. The molecule has 2 saturated heterocycles. The van der Waals surface area contributed by atoms with Gasteiger partial charge in [0, 0.05) is 6.54 Å². The van der Waals surface area contributed by atoms with Crippen molar-refractivity contribution in [3.8, 4) is 0 Å². The Morgan fingerprint density at radius 3 is 3.20 bits per heavy atom. The van der Waals surface area contributed by atoms with Crippen LogP contribution in [0.4, 0.5) is 0 Å². The minimum Gasteiger partial charge on any atom is -0.379 e. The largest absolute Gasteiger partial charge is 0.379 e. The molecule has 0 saturated carbocycles. The Hall–Kier alpha value is -0.610. The highest BCUT2D eigenvalue weighted by atomic mass is 16.5. The summed E-state index contributed by atoms with van der Waals surface area (Å²) in [6, 6.07) is 0.237. The van der Waals surface area contributed by atoms with Gasteiger partial charge in [0.25, 0.3) is 0 Å². The lowest BCUT2D eigenvalue weighted by atomic mass is 10.1. The van der Waals surface area contributed by atoms with Crippen molar-refractivity contribution in [1.29, 1.82) is 0 Å². The monoisotopic (exact) mass is 212 g/mol. The molecule has 2 aliphatic heterocycles. The quantitative estimate of drug-likeness (QED) is 0.712.